The third kappa shape index (κ3) is 3.31. The van der Waals surface area contributed by atoms with Crippen molar-refractivity contribution in [2.45, 2.75) is 33.6 Å². The van der Waals surface area contributed by atoms with Crippen LogP contribution in [0.5, 0.6) is 0 Å². The van der Waals surface area contributed by atoms with E-state index in [1.807, 2.05) is 19.1 Å². The smallest absolute Gasteiger partial charge is 0.162 e. The van der Waals surface area contributed by atoms with Crippen molar-refractivity contribution in [3.05, 3.63) is 41.6 Å². The summed E-state index contributed by atoms with van der Waals surface area (Å²) in [6.45, 7) is 7.25. The maximum atomic E-state index is 4.63. The van der Waals surface area contributed by atoms with Gasteiger partial charge in [-0.05, 0) is 25.3 Å². The van der Waals surface area contributed by atoms with E-state index in [2.05, 4.69) is 47.3 Å². The first-order valence-electron chi connectivity index (χ1n) is 6.92. The normalized spacial score (nSPS) is 10.5. The molecule has 0 fully saturated rings. The van der Waals surface area contributed by atoms with Gasteiger partial charge in [-0.25, -0.2) is 9.97 Å². The van der Waals surface area contributed by atoms with Crippen molar-refractivity contribution in [2.24, 2.45) is 0 Å². The molecule has 2 rings (SSSR count). The molecule has 19 heavy (non-hydrogen) atoms. The second kappa shape index (κ2) is 6.32. The third-order valence-electron chi connectivity index (χ3n) is 3.05. The van der Waals surface area contributed by atoms with Crippen molar-refractivity contribution in [1.29, 1.82) is 0 Å². The minimum absolute atomic E-state index is 0.816. The van der Waals surface area contributed by atoms with Crippen LogP contribution in [-0.4, -0.2) is 16.5 Å². The highest BCUT2D eigenvalue weighted by atomic mass is 15.0. The summed E-state index contributed by atoms with van der Waals surface area (Å²) in [6, 6.07) is 10.3. The molecule has 0 spiro atoms. The van der Waals surface area contributed by atoms with Crippen LogP contribution in [0.3, 0.4) is 0 Å². The Hall–Kier alpha value is -1.90. The molecule has 1 N–H and O–H groups in total. The number of aromatic nitrogens is 2. The Bertz CT molecular complexity index is 549. The number of anilines is 1. The van der Waals surface area contributed by atoms with E-state index in [-0.39, 0.29) is 0 Å². The number of hydrogen-bond donors (Lipinski definition) is 1. The lowest BCUT2D eigenvalue weighted by atomic mass is 10.0. The summed E-state index contributed by atoms with van der Waals surface area (Å²) in [7, 11) is 0. The van der Waals surface area contributed by atoms with Gasteiger partial charge in [0.15, 0.2) is 5.82 Å². The highest BCUT2D eigenvalue weighted by molar-refractivity contribution is 5.62. The Morgan fingerprint density at radius 3 is 2.63 bits per heavy atom. The van der Waals surface area contributed by atoms with Gasteiger partial charge in [-0.1, -0.05) is 38.1 Å². The molecule has 3 nitrogen and oxygen atoms in total. The van der Waals surface area contributed by atoms with Crippen LogP contribution in [0.2, 0.25) is 0 Å². The van der Waals surface area contributed by atoms with Gasteiger partial charge in [0, 0.05) is 23.9 Å². The first kappa shape index (κ1) is 13.5. The maximum absolute atomic E-state index is 4.63. The van der Waals surface area contributed by atoms with Gasteiger partial charge in [-0.15, -0.1) is 0 Å². The van der Waals surface area contributed by atoms with Crippen LogP contribution in [0, 0.1) is 6.92 Å². The number of nitrogens with one attached hydrogen (secondary N) is 1. The molecule has 0 aliphatic heterocycles. The zero-order valence-electron chi connectivity index (χ0n) is 11.9. The minimum Gasteiger partial charge on any atom is -0.370 e. The van der Waals surface area contributed by atoms with E-state index >= 15 is 0 Å². The van der Waals surface area contributed by atoms with Gasteiger partial charge in [0.25, 0.3) is 0 Å². The standard InChI is InChI=1S/C16H21N3/c1-4-10-17-15-11-12(3)18-16(19-15)14-9-7-6-8-13(14)5-2/h6-9,11H,4-5,10H2,1-3H3,(H,17,18,19). The van der Waals surface area contributed by atoms with Gasteiger partial charge in [0.2, 0.25) is 0 Å². The average Bonchev–Trinajstić information content (AvgIpc) is 2.44. The zero-order valence-corrected chi connectivity index (χ0v) is 11.9. The number of aryl methyl sites for hydroxylation is 2. The van der Waals surface area contributed by atoms with Crippen molar-refractivity contribution in [2.75, 3.05) is 11.9 Å². The SMILES string of the molecule is CCCNc1cc(C)nc(-c2ccccc2CC)n1. The Balaban J connectivity index is 2.41. The lowest BCUT2D eigenvalue weighted by molar-refractivity contribution is 0.961. The topological polar surface area (TPSA) is 37.8 Å². The van der Waals surface area contributed by atoms with E-state index in [9.17, 15) is 0 Å². The fourth-order valence-corrected chi connectivity index (χ4v) is 2.08. The Kier molecular flexibility index (Phi) is 4.50. The molecular formula is C16H21N3. The first-order chi connectivity index (χ1) is 9.24. The molecule has 0 bridgehead atoms. The van der Waals surface area contributed by atoms with E-state index in [1.54, 1.807) is 0 Å². The Morgan fingerprint density at radius 1 is 1.11 bits per heavy atom. The van der Waals surface area contributed by atoms with Gasteiger partial charge in [-0.3, -0.25) is 0 Å². The Labute approximate surface area is 115 Å². The second-order valence-corrected chi connectivity index (χ2v) is 4.66. The summed E-state index contributed by atoms with van der Waals surface area (Å²) in [5, 5.41) is 3.33. The predicted octanol–water partition coefficient (Wildman–Crippen LogP) is 3.84. The molecule has 0 saturated carbocycles. The van der Waals surface area contributed by atoms with Gasteiger partial charge < -0.3 is 5.32 Å². The van der Waals surface area contributed by atoms with Crippen LogP contribution in [0.1, 0.15) is 31.5 Å². The van der Waals surface area contributed by atoms with Crippen molar-refractivity contribution < 1.29 is 0 Å². The molecule has 0 radical (unpaired) electrons. The lowest BCUT2D eigenvalue weighted by Gasteiger charge is -2.10. The molecule has 0 saturated heterocycles. The molecule has 100 valence electrons. The number of nitrogens with zero attached hydrogens (tertiary/aromatic N) is 2. The van der Waals surface area contributed by atoms with Crippen LogP contribution >= 0.6 is 0 Å². The van der Waals surface area contributed by atoms with Gasteiger partial charge in [-0.2, -0.15) is 0 Å². The van der Waals surface area contributed by atoms with E-state index in [4.69, 9.17) is 0 Å². The predicted molar refractivity (Wildman–Crippen MR) is 80.4 cm³/mol. The molecule has 0 atom stereocenters. The van der Waals surface area contributed by atoms with E-state index in [1.165, 1.54) is 5.56 Å². The third-order valence-corrected chi connectivity index (χ3v) is 3.05. The molecule has 2 aromatic rings. The fourth-order valence-electron chi connectivity index (χ4n) is 2.08. The van der Waals surface area contributed by atoms with Gasteiger partial charge >= 0.3 is 0 Å². The minimum atomic E-state index is 0.816. The highest BCUT2D eigenvalue weighted by Crippen LogP contribution is 2.22. The highest BCUT2D eigenvalue weighted by Gasteiger charge is 2.08. The van der Waals surface area contributed by atoms with Crippen molar-refractivity contribution in [3.63, 3.8) is 0 Å². The van der Waals surface area contributed by atoms with Crippen molar-refractivity contribution in [1.82, 2.24) is 9.97 Å². The molecule has 0 amide bonds. The molecule has 0 aliphatic carbocycles. The quantitative estimate of drug-likeness (QED) is 0.882. The van der Waals surface area contributed by atoms with E-state index in [0.29, 0.717) is 0 Å². The van der Waals surface area contributed by atoms with Gasteiger partial charge in [0.05, 0.1) is 0 Å². The number of hydrogen-bond acceptors (Lipinski definition) is 3. The molecule has 0 unspecified atom stereocenters. The van der Waals surface area contributed by atoms with Crippen LogP contribution in [-0.2, 0) is 6.42 Å². The average molecular weight is 255 g/mol. The first-order valence-corrected chi connectivity index (χ1v) is 6.92. The molecule has 3 heteroatoms. The Morgan fingerprint density at radius 2 is 1.89 bits per heavy atom. The van der Waals surface area contributed by atoms with Crippen LogP contribution in [0.25, 0.3) is 11.4 Å². The zero-order chi connectivity index (χ0) is 13.7. The molecule has 1 aromatic heterocycles. The summed E-state index contributed by atoms with van der Waals surface area (Å²) in [5.74, 6) is 1.73. The number of rotatable bonds is 5. The monoisotopic (exact) mass is 255 g/mol. The summed E-state index contributed by atoms with van der Waals surface area (Å²) in [4.78, 5) is 9.20. The van der Waals surface area contributed by atoms with Crippen molar-refractivity contribution in [3.8, 4) is 11.4 Å². The second-order valence-electron chi connectivity index (χ2n) is 4.66. The number of benzene rings is 1. The van der Waals surface area contributed by atoms with Crippen LogP contribution in [0.15, 0.2) is 30.3 Å². The van der Waals surface area contributed by atoms with E-state index in [0.717, 1.165) is 42.3 Å². The summed E-state index contributed by atoms with van der Waals surface area (Å²) in [6.07, 6.45) is 2.08. The van der Waals surface area contributed by atoms with Gasteiger partial charge in [0.1, 0.15) is 5.82 Å². The fraction of sp³-hybridized carbons (Fsp3) is 0.375. The lowest BCUT2D eigenvalue weighted by Crippen LogP contribution is -2.05. The van der Waals surface area contributed by atoms with E-state index < -0.39 is 0 Å². The van der Waals surface area contributed by atoms with Crippen molar-refractivity contribution >= 4 is 5.82 Å². The molecule has 1 heterocycles. The van der Waals surface area contributed by atoms with Crippen LogP contribution in [0.4, 0.5) is 5.82 Å². The summed E-state index contributed by atoms with van der Waals surface area (Å²) >= 11 is 0. The summed E-state index contributed by atoms with van der Waals surface area (Å²) in [5.41, 5.74) is 3.41. The summed E-state index contributed by atoms with van der Waals surface area (Å²) < 4.78 is 0. The molecule has 0 aliphatic rings. The molecule has 1 aromatic carbocycles. The van der Waals surface area contributed by atoms with Crippen LogP contribution < -0.4 is 5.32 Å². The maximum Gasteiger partial charge on any atom is 0.162 e. The molecular weight excluding hydrogens is 234 g/mol. The largest absolute Gasteiger partial charge is 0.370 e.